The first kappa shape index (κ1) is 22.2. The number of benzene rings is 2. The van der Waals surface area contributed by atoms with E-state index in [2.05, 4.69) is 15.7 Å². The molecule has 3 aromatic rings. The number of aromatic nitrogens is 2. The molecule has 2 N–H and O–H groups in total. The summed E-state index contributed by atoms with van der Waals surface area (Å²) in [5.74, 6) is 1.10. The number of nitrogens with zero attached hydrogens (tertiary/aromatic N) is 2. The van der Waals surface area contributed by atoms with Gasteiger partial charge in [0.05, 0.1) is 27.0 Å². The van der Waals surface area contributed by atoms with Gasteiger partial charge in [-0.25, -0.2) is 0 Å². The fourth-order valence-corrected chi connectivity index (χ4v) is 4.23. The van der Waals surface area contributed by atoms with Gasteiger partial charge in [0.1, 0.15) is 17.6 Å². The number of methoxy groups -OCH3 is 3. The number of ether oxygens (including phenoxy) is 3. The molecule has 9 nitrogen and oxygen atoms in total. The predicted molar refractivity (Wildman–Crippen MR) is 122 cm³/mol. The summed E-state index contributed by atoms with van der Waals surface area (Å²) in [6, 6.07) is 11.5. The molecule has 2 heterocycles. The first-order valence-corrected chi connectivity index (χ1v) is 10.4. The Hall–Kier alpha value is -4.01. The minimum Gasteiger partial charge on any atom is -0.497 e. The Morgan fingerprint density at radius 3 is 2.36 bits per heavy atom. The molecule has 0 fully saturated rings. The number of hydrogen-bond acceptors (Lipinski definition) is 6. The highest BCUT2D eigenvalue weighted by atomic mass is 16.5. The second-order valence-electron chi connectivity index (χ2n) is 7.73. The Morgan fingerprint density at radius 1 is 1.03 bits per heavy atom. The monoisotopic (exact) mass is 450 g/mol. The molecule has 2 atom stereocenters. The first-order valence-electron chi connectivity index (χ1n) is 10.4. The van der Waals surface area contributed by atoms with Gasteiger partial charge in [-0.05, 0) is 42.8 Å². The van der Waals surface area contributed by atoms with Gasteiger partial charge in [0, 0.05) is 24.1 Å². The Morgan fingerprint density at radius 2 is 1.73 bits per heavy atom. The maximum Gasteiger partial charge on any atom is 0.252 e. The minimum absolute atomic E-state index is 0.319. The topological polar surface area (TPSA) is 104 Å². The van der Waals surface area contributed by atoms with E-state index in [1.54, 1.807) is 37.0 Å². The summed E-state index contributed by atoms with van der Waals surface area (Å²) in [5.41, 5.74) is 2.85. The summed E-state index contributed by atoms with van der Waals surface area (Å²) >= 11 is 0. The van der Waals surface area contributed by atoms with Crippen molar-refractivity contribution in [2.75, 3.05) is 26.6 Å². The van der Waals surface area contributed by atoms with E-state index in [9.17, 15) is 9.59 Å². The highest BCUT2D eigenvalue weighted by Gasteiger charge is 2.41. The maximum absolute atomic E-state index is 13.2. The van der Waals surface area contributed by atoms with Gasteiger partial charge in [0.2, 0.25) is 5.91 Å². The molecule has 9 heteroatoms. The molecular weight excluding hydrogens is 424 g/mol. The van der Waals surface area contributed by atoms with E-state index in [1.807, 2.05) is 31.2 Å². The number of nitrogens with one attached hydrogen (secondary N) is 2. The van der Waals surface area contributed by atoms with Gasteiger partial charge in [-0.2, -0.15) is 5.10 Å². The van der Waals surface area contributed by atoms with E-state index >= 15 is 0 Å². The molecule has 0 saturated heterocycles. The number of anilines is 1. The van der Waals surface area contributed by atoms with E-state index in [4.69, 9.17) is 14.2 Å². The average Bonchev–Trinajstić information content (AvgIpc) is 3.11. The Bertz CT molecular complexity index is 1200. The number of rotatable bonds is 6. The summed E-state index contributed by atoms with van der Waals surface area (Å²) in [7, 11) is 6.40. The predicted octanol–water partition coefficient (Wildman–Crippen LogP) is 2.64. The van der Waals surface area contributed by atoms with Crippen LogP contribution in [0.2, 0.25) is 0 Å². The molecule has 0 radical (unpaired) electrons. The largest absolute Gasteiger partial charge is 0.497 e. The maximum atomic E-state index is 13.2. The Balaban J connectivity index is 1.74. The van der Waals surface area contributed by atoms with Crippen LogP contribution in [0, 0.1) is 6.92 Å². The van der Waals surface area contributed by atoms with E-state index in [0.717, 1.165) is 16.8 Å². The lowest BCUT2D eigenvalue weighted by Gasteiger charge is -2.32. The fourth-order valence-electron chi connectivity index (χ4n) is 4.23. The van der Waals surface area contributed by atoms with Crippen molar-refractivity contribution in [2.45, 2.75) is 18.9 Å². The van der Waals surface area contributed by atoms with Crippen LogP contribution in [-0.2, 0) is 11.8 Å². The molecule has 1 aliphatic heterocycles. The van der Waals surface area contributed by atoms with E-state index < -0.39 is 17.9 Å². The van der Waals surface area contributed by atoms with Crippen molar-refractivity contribution >= 4 is 17.6 Å². The summed E-state index contributed by atoms with van der Waals surface area (Å²) < 4.78 is 17.5. The molecular formula is C24H26N4O5. The van der Waals surface area contributed by atoms with Crippen molar-refractivity contribution in [3.05, 3.63) is 64.8 Å². The molecule has 0 saturated carbocycles. The number of fused-ring (bicyclic) bond motifs is 1. The molecule has 0 bridgehead atoms. The smallest absolute Gasteiger partial charge is 0.252 e. The molecule has 1 aliphatic rings. The quantitative estimate of drug-likeness (QED) is 0.599. The van der Waals surface area contributed by atoms with Crippen LogP contribution in [0.5, 0.6) is 17.2 Å². The molecule has 33 heavy (non-hydrogen) atoms. The lowest BCUT2D eigenvalue weighted by molar-refractivity contribution is -0.118. The van der Waals surface area contributed by atoms with Crippen molar-refractivity contribution in [2.24, 2.45) is 7.05 Å². The van der Waals surface area contributed by atoms with Gasteiger partial charge < -0.3 is 24.8 Å². The van der Waals surface area contributed by atoms with Crippen LogP contribution >= 0.6 is 0 Å². The zero-order valence-corrected chi connectivity index (χ0v) is 19.1. The summed E-state index contributed by atoms with van der Waals surface area (Å²) in [5, 5.41) is 10.3. The third-order valence-electron chi connectivity index (χ3n) is 5.84. The number of carbonyl (C=O) groups excluding carboxylic acids is 2. The van der Waals surface area contributed by atoms with Crippen molar-refractivity contribution in [3.8, 4) is 17.2 Å². The molecule has 1 aromatic heterocycles. The molecule has 2 aromatic carbocycles. The van der Waals surface area contributed by atoms with Gasteiger partial charge >= 0.3 is 0 Å². The highest BCUT2D eigenvalue weighted by Crippen LogP contribution is 2.39. The van der Waals surface area contributed by atoms with Gasteiger partial charge in [-0.3, -0.25) is 14.3 Å². The van der Waals surface area contributed by atoms with Crippen LogP contribution < -0.4 is 24.8 Å². The van der Waals surface area contributed by atoms with Gasteiger partial charge in [-0.1, -0.05) is 12.1 Å². The van der Waals surface area contributed by atoms with E-state index in [1.165, 1.54) is 14.2 Å². The van der Waals surface area contributed by atoms with Crippen LogP contribution in [0.3, 0.4) is 0 Å². The summed E-state index contributed by atoms with van der Waals surface area (Å²) in [6.45, 7) is 1.89. The van der Waals surface area contributed by atoms with E-state index in [0.29, 0.717) is 28.6 Å². The third kappa shape index (κ3) is 3.97. The zero-order chi connectivity index (χ0) is 23.7. The normalized spacial score (nSPS) is 17.1. The van der Waals surface area contributed by atoms with Crippen molar-refractivity contribution in [3.63, 3.8) is 0 Å². The SMILES string of the molecule is COc1ccc([C@@H]2c3c(C)nn(C)c3NC(=O)[C@H]2NC(=O)c2ccc(OC)c(OC)c2)cc1. The molecule has 0 spiro atoms. The number of aryl methyl sites for hydroxylation is 2. The first-order chi connectivity index (χ1) is 15.9. The minimum atomic E-state index is -0.852. The summed E-state index contributed by atoms with van der Waals surface area (Å²) in [4.78, 5) is 26.4. The molecule has 4 rings (SSSR count). The molecule has 2 amide bonds. The lowest BCUT2D eigenvalue weighted by Crippen LogP contribution is -2.50. The van der Waals surface area contributed by atoms with E-state index in [-0.39, 0.29) is 5.91 Å². The van der Waals surface area contributed by atoms with Crippen LogP contribution in [-0.4, -0.2) is 49.0 Å². The summed E-state index contributed by atoms with van der Waals surface area (Å²) in [6.07, 6.45) is 0. The highest BCUT2D eigenvalue weighted by molar-refractivity contribution is 6.04. The lowest BCUT2D eigenvalue weighted by atomic mass is 9.82. The Labute approximate surface area is 191 Å². The number of hydrogen-bond donors (Lipinski definition) is 2. The van der Waals surface area contributed by atoms with Crippen LogP contribution in [0.1, 0.15) is 33.1 Å². The second-order valence-corrected chi connectivity index (χ2v) is 7.73. The molecule has 172 valence electrons. The average molecular weight is 450 g/mol. The van der Waals surface area contributed by atoms with Gasteiger partial charge in [-0.15, -0.1) is 0 Å². The molecule has 0 unspecified atom stereocenters. The zero-order valence-electron chi connectivity index (χ0n) is 19.1. The number of amides is 2. The molecule has 0 aliphatic carbocycles. The van der Waals surface area contributed by atoms with Crippen molar-refractivity contribution in [1.29, 1.82) is 0 Å². The van der Waals surface area contributed by atoms with Crippen LogP contribution in [0.4, 0.5) is 5.82 Å². The number of carbonyl (C=O) groups is 2. The standard InChI is InChI=1S/C24H26N4O5/c1-13-19-20(14-6-9-16(31-3)10-7-14)21(24(30)26-22(19)28(2)27-13)25-23(29)15-8-11-17(32-4)18(12-15)33-5/h6-12,20-21H,1-5H3,(H,25,29)(H,26,30)/t20-,21+/m1/s1. The van der Waals surface area contributed by atoms with Crippen LogP contribution in [0.25, 0.3) is 0 Å². The van der Waals surface area contributed by atoms with Crippen LogP contribution in [0.15, 0.2) is 42.5 Å². The van der Waals surface area contributed by atoms with Gasteiger partial charge in [0.25, 0.3) is 5.91 Å². The van der Waals surface area contributed by atoms with Gasteiger partial charge in [0.15, 0.2) is 11.5 Å². The van der Waals surface area contributed by atoms with Crippen molar-refractivity contribution < 1.29 is 23.8 Å². The van der Waals surface area contributed by atoms with Crippen molar-refractivity contribution in [1.82, 2.24) is 15.1 Å². The Kier molecular flexibility index (Phi) is 5.95. The third-order valence-corrected chi connectivity index (χ3v) is 5.84. The fraction of sp³-hybridized carbons (Fsp3) is 0.292. The second kappa shape index (κ2) is 8.85.